The highest BCUT2D eigenvalue weighted by atomic mass is 15.1. The lowest BCUT2D eigenvalue weighted by atomic mass is 9.93. The second-order valence-electron chi connectivity index (χ2n) is 6.72. The van der Waals surface area contributed by atoms with Gasteiger partial charge in [-0.05, 0) is 32.9 Å². The Labute approximate surface area is 129 Å². The maximum atomic E-state index is 4.68. The molecule has 5 nitrogen and oxygen atoms in total. The van der Waals surface area contributed by atoms with Crippen LogP contribution < -0.4 is 10.6 Å². The Morgan fingerprint density at radius 3 is 2.29 bits per heavy atom. The molecule has 0 saturated carbocycles. The van der Waals surface area contributed by atoms with Gasteiger partial charge in [-0.3, -0.25) is 0 Å². The predicted octanol–water partition coefficient (Wildman–Crippen LogP) is 2.78. The fourth-order valence-corrected chi connectivity index (χ4v) is 2.55. The van der Waals surface area contributed by atoms with E-state index in [1.54, 1.807) is 0 Å². The van der Waals surface area contributed by atoms with Gasteiger partial charge in [-0.1, -0.05) is 20.8 Å². The molecule has 21 heavy (non-hydrogen) atoms. The van der Waals surface area contributed by atoms with E-state index >= 15 is 0 Å². The normalized spacial score (nSPS) is 11.8. The number of rotatable bonds is 8. The van der Waals surface area contributed by atoms with E-state index in [0.29, 0.717) is 0 Å². The van der Waals surface area contributed by atoms with Crippen molar-refractivity contribution in [2.45, 2.75) is 40.5 Å². The number of nitrogens with one attached hydrogen (secondary N) is 2. The van der Waals surface area contributed by atoms with Crippen molar-refractivity contribution in [3.63, 3.8) is 0 Å². The van der Waals surface area contributed by atoms with Crippen LogP contribution in [0.2, 0.25) is 0 Å². The summed E-state index contributed by atoms with van der Waals surface area (Å²) in [6.45, 7) is 10.7. The summed E-state index contributed by atoms with van der Waals surface area (Å²) in [5, 5.41) is 6.68. The van der Waals surface area contributed by atoms with E-state index < -0.39 is 0 Å². The van der Waals surface area contributed by atoms with Crippen molar-refractivity contribution in [1.82, 2.24) is 14.9 Å². The van der Waals surface area contributed by atoms with Crippen molar-refractivity contribution < 1.29 is 0 Å². The molecule has 0 radical (unpaired) electrons. The van der Waals surface area contributed by atoms with E-state index in [9.17, 15) is 0 Å². The van der Waals surface area contributed by atoms with Crippen LogP contribution in [0.5, 0.6) is 0 Å². The van der Waals surface area contributed by atoms with Crippen LogP contribution in [0.25, 0.3) is 0 Å². The molecule has 0 amide bonds. The molecule has 0 saturated heterocycles. The van der Waals surface area contributed by atoms with Crippen LogP contribution in [0.4, 0.5) is 11.6 Å². The topological polar surface area (TPSA) is 53.1 Å². The second-order valence-corrected chi connectivity index (χ2v) is 6.72. The number of aromatic nitrogens is 2. The highest BCUT2D eigenvalue weighted by Gasteiger charge is 2.20. The highest BCUT2D eigenvalue weighted by molar-refractivity contribution is 5.57. The van der Waals surface area contributed by atoms with Gasteiger partial charge in [0.15, 0.2) is 0 Å². The molecule has 0 aliphatic heterocycles. The lowest BCUT2D eigenvalue weighted by Gasteiger charge is -2.29. The Bertz CT molecular complexity index is 454. The molecule has 0 aromatic carbocycles. The minimum Gasteiger partial charge on any atom is -0.373 e. The molecule has 5 heteroatoms. The number of hydrogen-bond donors (Lipinski definition) is 2. The predicted molar refractivity (Wildman–Crippen MR) is 91.1 cm³/mol. The van der Waals surface area contributed by atoms with Gasteiger partial charge in [0.25, 0.3) is 0 Å². The van der Waals surface area contributed by atoms with Crippen LogP contribution in [0.15, 0.2) is 0 Å². The van der Waals surface area contributed by atoms with Gasteiger partial charge in [0, 0.05) is 32.1 Å². The zero-order valence-electron chi connectivity index (χ0n) is 14.7. The Hall–Kier alpha value is -1.36. The highest BCUT2D eigenvalue weighted by Crippen LogP contribution is 2.23. The van der Waals surface area contributed by atoms with Crippen molar-refractivity contribution in [3.8, 4) is 0 Å². The number of nitrogens with zero attached hydrogens (tertiary/aromatic N) is 3. The van der Waals surface area contributed by atoms with E-state index in [-0.39, 0.29) is 5.41 Å². The molecule has 0 aliphatic carbocycles. The summed E-state index contributed by atoms with van der Waals surface area (Å²) < 4.78 is 0. The number of hydrogen-bond acceptors (Lipinski definition) is 5. The summed E-state index contributed by atoms with van der Waals surface area (Å²) in [6, 6.07) is 0. The first-order chi connectivity index (χ1) is 9.79. The third kappa shape index (κ3) is 5.50. The van der Waals surface area contributed by atoms with Crippen LogP contribution in [-0.4, -0.2) is 49.1 Å². The minimum atomic E-state index is 0.186. The molecular formula is C16H31N5. The van der Waals surface area contributed by atoms with Gasteiger partial charge < -0.3 is 15.5 Å². The standard InChI is InChI=1S/C16H31N5/c1-8-9-13-19-14(17-5)12(2)15(20-13)18-10-16(3,4)11-21(6)7/h8-11H2,1-7H3,(H2,17,18,19,20). The van der Waals surface area contributed by atoms with Crippen molar-refractivity contribution in [2.75, 3.05) is 44.9 Å². The number of aryl methyl sites for hydroxylation is 1. The van der Waals surface area contributed by atoms with Gasteiger partial charge in [0.05, 0.1) is 0 Å². The van der Waals surface area contributed by atoms with Crippen molar-refractivity contribution in [2.24, 2.45) is 5.41 Å². The van der Waals surface area contributed by atoms with Crippen LogP contribution >= 0.6 is 0 Å². The largest absolute Gasteiger partial charge is 0.373 e. The SMILES string of the molecule is CCCc1nc(NC)c(C)c(NCC(C)(C)CN(C)C)n1. The Balaban J connectivity index is 2.89. The molecule has 0 bridgehead atoms. The zero-order chi connectivity index (χ0) is 16.0. The summed E-state index contributed by atoms with van der Waals surface area (Å²) in [5.41, 5.74) is 1.27. The van der Waals surface area contributed by atoms with Crippen molar-refractivity contribution >= 4 is 11.6 Å². The third-order valence-electron chi connectivity index (χ3n) is 3.38. The molecule has 1 heterocycles. The molecule has 0 aliphatic rings. The molecule has 2 N–H and O–H groups in total. The van der Waals surface area contributed by atoms with Gasteiger partial charge in [0.1, 0.15) is 17.5 Å². The zero-order valence-corrected chi connectivity index (χ0v) is 14.7. The molecule has 0 spiro atoms. The first kappa shape index (κ1) is 17.7. The van der Waals surface area contributed by atoms with Gasteiger partial charge >= 0.3 is 0 Å². The van der Waals surface area contributed by atoms with Gasteiger partial charge in [-0.15, -0.1) is 0 Å². The van der Waals surface area contributed by atoms with E-state index in [1.165, 1.54) is 0 Å². The third-order valence-corrected chi connectivity index (χ3v) is 3.38. The Morgan fingerprint density at radius 2 is 1.76 bits per heavy atom. The molecule has 1 aromatic heterocycles. The molecule has 120 valence electrons. The summed E-state index contributed by atoms with van der Waals surface area (Å²) in [5.74, 6) is 2.77. The lowest BCUT2D eigenvalue weighted by Crippen LogP contribution is -2.34. The Morgan fingerprint density at radius 1 is 1.14 bits per heavy atom. The average molecular weight is 293 g/mol. The summed E-state index contributed by atoms with van der Waals surface area (Å²) in [4.78, 5) is 11.5. The van der Waals surface area contributed by atoms with Crippen LogP contribution in [0.3, 0.4) is 0 Å². The van der Waals surface area contributed by atoms with E-state index in [1.807, 2.05) is 7.05 Å². The van der Waals surface area contributed by atoms with Gasteiger partial charge in [0.2, 0.25) is 0 Å². The van der Waals surface area contributed by atoms with Crippen LogP contribution in [0, 0.1) is 12.3 Å². The summed E-state index contributed by atoms with van der Waals surface area (Å²) >= 11 is 0. The first-order valence-electron chi connectivity index (χ1n) is 7.73. The minimum absolute atomic E-state index is 0.186. The smallest absolute Gasteiger partial charge is 0.134 e. The molecular weight excluding hydrogens is 262 g/mol. The molecule has 0 atom stereocenters. The molecule has 1 rings (SSSR count). The lowest BCUT2D eigenvalue weighted by molar-refractivity contribution is 0.254. The quantitative estimate of drug-likeness (QED) is 0.772. The maximum absolute atomic E-state index is 4.68. The monoisotopic (exact) mass is 293 g/mol. The van der Waals surface area contributed by atoms with Crippen molar-refractivity contribution in [1.29, 1.82) is 0 Å². The fraction of sp³-hybridized carbons (Fsp3) is 0.750. The second kappa shape index (κ2) is 7.59. The van der Waals surface area contributed by atoms with E-state index in [4.69, 9.17) is 0 Å². The average Bonchev–Trinajstić information content (AvgIpc) is 2.37. The summed E-state index contributed by atoms with van der Waals surface area (Å²) in [6.07, 6.45) is 1.96. The first-order valence-corrected chi connectivity index (χ1v) is 7.73. The van der Waals surface area contributed by atoms with Gasteiger partial charge in [-0.2, -0.15) is 0 Å². The van der Waals surface area contributed by atoms with Gasteiger partial charge in [-0.25, -0.2) is 9.97 Å². The molecule has 1 aromatic rings. The van der Waals surface area contributed by atoms with Crippen LogP contribution in [0.1, 0.15) is 38.6 Å². The fourth-order valence-electron chi connectivity index (χ4n) is 2.55. The molecule has 0 unspecified atom stereocenters. The molecule has 0 fully saturated rings. The number of anilines is 2. The van der Waals surface area contributed by atoms with E-state index in [0.717, 1.165) is 49.0 Å². The van der Waals surface area contributed by atoms with E-state index in [2.05, 4.69) is 67.3 Å². The van der Waals surface area contributed by atoms with Crippen molar-refractivity contribution in [3.05, 3.63) is 11.4 Å². The summed E-state index contributed by atoms with van der Waals surface area (Å²) in [7, 11) is 6.12. The Kier molecular flexibility index (Phi) is 6.40. The van der Waals surface area contributed by atoms with Crippen LogP contribution in [-0.2, 0) is 6.42 Å². The maximum Gasteiger partial charge on any atom is 0.134 e.